The molecule has 0 saturated heterocycles. The summed E-state index contributed by atoms with van der Waals surface area (Å²) in [5.74, 6) is 3.67. The van der Waals surface area contributed by atoms with Crippen molar-refractivity contribution in [3.8, 4) is 0 Å². The predicted octanol–water partition coefficient (Wildman–Crippen LogP) is 3.48. The fraction of sp³-hybridized carbons (Fsp3) is 1.00. The molecule has 2 fully saturated rings. The molecule has 0 spiro atoms. The molecule has 0 aromatic rings. The Bertz CT molecular complexity index is 190. The molecule has 2 aliphatic carbocycles. The van der Waals surface area contributed by atoms with E-state index in [0.717, 1.165) is 30.3 Å². The maximum Gasteiger partial charge on any atom is 0.0608 e. The van der Waals surface area contributed by atoms with E-state index >= 15 is 0 Å². The van der Waals surface area contributed by atoms with Gasteiger partial charge in [0.05, 0.1) is 6.10 Å². The summed E-state index contributed by atoms with van der Waals surface area (Å²) < 4.78 is 5.91. The average Bonchev–Trinajstić information content (AvgIpc) is 2.17. The molecule has 0 aromatic carbocycles. The van der Waals surface area contributed by atoms with Gasteiger partial charge in [-0.05, 0) is 49.9 Å². The van der Waals surface area contributed by atoms with E-state index in [0.29, 0.717) is 6.10 Å². The van der Waals surface area contributed by atoms with Gasteiger partial charge in [-0.3, -0.25) is 0 Å². The molecule has 14 heavy (non-hydrogen) atoms. The van der Waals surface area contributed by atoms with Gasteiger partial charge in [0.1, 0.15) is 0 Å². The fourth-order valence-corrected chi connectivity index (χ4v) is 3.57. The zero-order valence-corrected chi connectivity index (χ0v) is 9.83. The first-order valence-electron chi connectivity index (χ1n) is 6.34. The van der Waals surface area contributed by atoms with Crippen molar-refractivity contribution in [1.29, 1.82) is 0 Å². The summed E-state index contributed by atoms with van der Waals surface area (Å²) in [6.07, 6.45) is 6.23. The Labute approximate surface area is 88.2 Å². The second kappa shape index (κ2) is 4.22. The van der Waals surface area contributed by atoms with Gasteiger partial charge in [0.2, 0.25) is 0 Å². The largest absolute Gasteiger partial charge is 0.378 e. The SMILES string of the molecule is CCOC1CC(C)C2CCC(C)C1C2. The second-order valence-corrected chi connectivity index (χ2v) is 5.42. The zero-order valence-electron chi connectivity index (χ0n) is 9.83. The Morgan fingerprint density at radius 1 is 1.07 bits per heavy atom. The van der Waals surface area contributed by atoms with E-state index in [9.17, 15) is 0 Å². The van der Waals surface area contributed by atoms with E-state index in [2.05, 4.69) is 20.8 Å². The Morgan fingerprint density at radius 3 is 2.57 bits per heavy atom. The highest BCUT2D eigenvalue weighted by Crippen LogP contribution is 2.46. The highest BCUT2D eigenvalue weighted by atomic mass is 16.5. The van der Waals surface area contributed by atoms with Crippen molar-refractivity contribution >= 4 is 0 Å². The minimum absolute atomic E-state index is 0.571. The van der Waals surface area contributed by atoms with Crippen molar-refractivity contribution in [2.75, 3.05) is 6.61 Å². The third kappa shape index (κ3) is 1.84. The summed E-state index contributed by atoms with van der Waals surface area (Å²) in [7, 11) is 0. The van der Waals surface area contributed by atoms with Crippen LogP contribution in [0.1, 0.15) is 46.5 Å². The summed E-state index contributed by atoms with van der Waals surface area (Å²) in [5, 5.41) is 0. The first-order chi connectivity index (χ1) is 6.72. The Hall–Kier alpha value is -0.0400. The van der Waals surface area contributed by atoms with Crippen LogP contribution >= 0.6 is 0 Å². The van der Waals surface area contributed by atoms with Gasteiger partial charge in [-0.2, -0.15) is 0 Å². The van der Waals surface area contributed by atoms with Crippen LogP contribution in [0.15, 0.2) is 0 Å². The van der Waals surface area contributed by atoms with Crippen LogP contribution in [0.3, 0.4) is 0 Å². The van der Waals surface area contributed by atoms with Gasteiger partial charge in [0, 0.05) is 6.61 Å². The van der Waals surface area contributed by atoms with Crippen molar-refractivity contribution in [2.45, 2.75) is 52.6 Å². The molecule has 2 bridgehead atoms. The number of hydrogen-bond donors (Lipinski definition) is 0. The van der Waals surface area contributed by atoms with Crippen molar-refractivity contribution in [1.82, 2.24) is 0 Å². The molecular formula is C13H24O. The average molecular weight is 196 g/mol. The highest BCUT2D eigenvalue weighted by molar-refractivity contribution is 4.91. The molecule has 1 nitrogen and oxygen atoms in total. The second-order valence-electron chi connectivity index (χ2n) is 5.42. The number of fused-ring (bicyclic) bond motifs is 2. The van der Waals surface area contributed by atoms with Gasteiger partial charge in [0.15, 0.2) is 0 Å². The van der Waals surface area contributed by atoms with Crippen LogP contribution in [0.25, 0.3) is 0 Å². The van der Waals surface area contributed by atoms with Crippen LogP contribution in [0, 0.1) is 23.7 Å². The minimum Gasteiger partial charge on any atom is -0.378 e. The zero-order chi connectivity index (χ0) is 10.1. The van der Waals surface area contributed by atoms with Gasteiger partial charge in [0.25, 0.3) is 0 Å². The van der Waals surface area contributed by atoms with E-state index in [4.69, 9.17) is 4.74 Å². The Balaban J connectivity index is 2.04. The summed E-state index contributed by atoms with van der Waals surface area (Å²) in [6, 6.07) is 0. The summed E-state index contributed by atoms with van der Waals surface area (Å²) in [4.78, 5) is 0. The predicted molar refractivity (Wildman–Crippen MR) is 59.2 cm³/mol. The van der Waals surface area contributed by atoms with Gasteiger partial charge in [-0.1, -0.05) is 20.3 Å². The molecule has 0 radical (unpaired) electrons. The van der Waals surface area contributed by atoms with Crippen LogP contribution < -0.4 is 0 Å². The van der Waals surface area contributed by atoms with Crippen molar-refractivity contribution in [2.24, 2.45) is 23.7 Å². The lowest BCUT2D eigenvalue weighted by molar-refractivity contribution is -0.0726. The molecule has 0 amide bonds. The maximum atomic E-state index is 5.91. The quantitative estimate of drug-likeness (QED) is 0.657. The van der Waals surface area contributed by atoms with E-state index in [1.807, 2.05) is 0 Å². The van der Waals surface area contributed by atoms with Gasteiger partial charge in [-0.15, -0.1) is 0 Å². The third-order valence-corrected chi connectivity index (χ3v) is 4.57. The first-order valence-corrected chi connectivity index (χ1v) is 6.34. The Morgan fingerprint density at radius 2 is 1.86 bits per heavy atom. The lowest BCUT2D eigenvalue weighted by Gasteiger charge is -2.46. The molecule has 0 aliphatic heterocycles. The summed E-state index contributed by atoms with van der Waals surface area (Å²) >= 11 is 0. The molecule has 2 rings (SSSR count). The van der Waals surface area contributed by atoms with Crippen LogP contribution in [0.4, 0.5) is 0 Å². The third-order valence-electron chi connectivity index (χ3n) is 4.57. The number of rotatable bonds is 2. The molecule has 0 heterocycles. The molecule has 2 saturated carbocycles. The molecule has 0 N–H and O–H groups in total. The van der Waals surface area contributed by atoms with Gasteiger partial charge >= 0.3 is 0 Å². The molecule has 1 heteroatoms. The molecule has 5 unspecified atom stereocenters. The standard InChI is InChI=1S/C13H24O/c1-4-14-13-7-10(3)11-6-5-9(2)12(13)8-11/h9-13H,4-8H2,1-3H3. The van der Waals surface area contributed by atoms with Crippen LogP contribution in [-0.4, -0.2) is 12.7 Å². The van der Waals surface area contributed by atoms with Crippen molar-refractivity contribution < 1.29 is 4.74 Å². The van der Waals surface area contributed by atoms with E-state index < -0.39 is 0 Å². The normalized spacial score (nSPS) is 47.8. The topological polar surface area (TPSA) is 9.23 Å². The number of hydrogen-bond acceptors (Lipinski definition) is 1. The Kier molecular flexibility index (Phi) is 3.16. The van der Waals surface area contributed by atoms with Crippen LogP contribution in [0.5, 0.6) is 0 Å². The molecule has 5 atom stereocenters. The van der Waals surface area contributed by atoms with Gasteiger partial charge in [-0.25, -0.2) is 0 Å². The fourth-order valence-electron chi connectivity index (χ4n) is 3.57. The van der Waals surface area contributed by atoms with Crippen molar-refractivity contribution in [3.05, 3.63) is 0 Å². The smallest absolute Gasteiger partial charge is 0.0608 e. The first kappa shape index (κ1) is 10.5. The summed E-state index contributed by atoms with van der Waals surface area (Å²) in [5.41, 5.74) is 0. The lowest BCUT2D eigenvalue weighted by Crippen LogP contribution is -2.42. The van der Waals surface area contributed by atoms with E-state index in [-0.39, 0.29) is 0 Å². The molecule has 0 aromatic heterocycles. The minimum atomic E-state index is 0.571. The van der Waals surface area contributed by atoms with Gasteiger partial charge < -0.3 is 4.74 Å². The van der Waals surface area contributed by atoms with Crippen molar-refractivity contribution in [3.63, 3.8) is 0 Å². The molecule has 82 valence electrons. The molecule has 2 aliphatic rings. The van der Waals surface area contributed by atoms with Crippen LogP contribution in [-0.2, 0) is 4.74 Å². The highest BCUT2D eigenvalue weighted by Gasteiger charge is 2.41. The van der Waals surface area contributed by atoms with Crippen LogP contribution in [0.2, 0.25) is 0 Å². The lowest BCUT2D eigenvalue weighted by atomic mass is 9.62. The monoisotopic (exact) mass is 196 g/mol. The maximum absolute atomic E-state index is 5.91. The molecular weight excluding hydrogens is 172 g/mol. The van der Waals surface area contributed by atoms with E-state index in [1.54, 1.807) is 0 Å². The summed E-state index contributed by atoms with van der Waals surface area (Å²) in [6.45, 7) is 7.86. The van der Waals surface area contributed by atoms with E-state index in [1.165, 1.54) is 25.7 Å². The number of ether oxygens (including phenoxy) is 1.